The summed E-state index contributed by atoms with van der Waals surface area (Å²) in [4.78, 5) is 32.5. The minimum absolute atomic E-state index is 0.0410. The Hall–Kier alpha value is -1.19. The first kappa shape index (κ1) is 12.8. The van der Waals surface area contributed by atoms with Crippen LogP contribution in [0.5, 0.6) is 0 Å². The molecular formula is C10H16O4. The summed E-state index contributed by atoms with van der Waals surface area (Å²) in [5, 5.41) is 8.37. The van der Waals surface area contributed by atoms with Crippen LogP contribution in [0.4, 0.5) is 0 Å². The van der Waals surface area contributed by atoms with Gasteiger partial charge in [0.1, 0.15) is 18.0 Å². The van der Waals surface area contributed by atoms with Crippen molar-refractivity contribution >= 4 is 17.5 Å². The number of carbonyl (C=O) groups is 3. The van der Waals surface area contributed by atoms with Gasteiger partial charge in [0.2, 0.25) is 0 Å². The van der Waals surface area contributed by atoms with E-state index in [1.807, 2.05) is 13.8 Å². The molecule has 0 aliphatic heterocycles. The monoisotopic (exact) mass is 200 g/mol. The Morgan fingerprint density at radius 1 is 1.21 bits per heavy atom. The molecule has 80 valence electrons. The average molecular weight is 200 g/mol. The molecule has 0 spiro atoms. The molecule has 0 aromatic rings. The Morgan fingerprint density at radius 2 is 1.71 bits per heavy atom. The summed E-state index contributed by atoms with van der Waals surface area (Å²) < 4.78 is 0. The zero-order valence-electron chi connectivity index (χ0n) is 8.74. The Bertz CT molecular complexity index is 243. The predicted molar refractivity (Wildman–Crippen MR) is 50.9 cm³/mol. The molecule has 0 bridgehead atoms. The van der Waals surface area contributed by atoms with Crippen molar-refractivity contribution < 1.29 is 19.5 Å². The van der Waals surface area contributed by atoms with Crippen molar-refractivity contribution in [3.63, 3.8) is 0 Å². The quantitative estimate of drug-likeness (QED) is 0.655. The van der Waals surface area contributed by atoms with E-state index in [0.29, 0.717) is 0 Å². The number of rotatable bonds is 6. The summed E-state index contributed by atoms with van der Waals surface area (Å²) >= 11 is 0. The van der Waals surface area contributed by atoms with E-state index >= 15 is 0 Å². The first-order valence-electron chi connectivity index (χ1n) is 4.58. The Kier molecular flexibility index (Phi) is 5.05. The van der Waals surface area contributed by atoms with E-state index in [-0.39, 0.29) is 29.8 Å². The van der Waals surface area contributed by atoms with Crippen LogP contribution in [-0.4, -0.2) is 22.6 Å². The van der Waals surface area contributed by atoms with Gasteiger partial charge in [-0.25, -0.2) is 0 Å². The largest absolute Gasteiger partial charge is 0.481 e. The highest BCUT2D eigenvalue weighted by Crippen LogP contribution is 2.17. The van der Waals surface area contributed by atoms with Gasteiger partial charge >= 0.3 is 5.97 Å². The SMILES string of the molecule is CC(=O)[C@@H](CC(=O)CC(=O)O)C(C)C. The molecule has 0 rings (SSSR count). The molecule has 0 aromatic heterocycles. The summed E-state index contributed by atoms with van der Waals surface area (Å²) in [6.45, 7) is 5.12. The van der Waals surface area contributed by atoms with Gasteiger partial charge in [-0.1, -0.05) is 13.8 Å². The van der Waals surface area contributed by atoms with Crippen LogP contribution in [0.25, 0.3) is 0 Å². The molecule has 0 saturated carbocycles. The molecule has 1 N–H and O–H groups in total. The molecule has 0 fully saturated rings. The summed E-state index contributed by atoms with van der Waals surface area (Å²) in [6.07, 6.45) is -0.449. The van der Waals surface area contributed by atoms with E-state index in [9.17, 15) is 14.4 Å². The first-order chi connectivity index (χ1) is 6.34. The number of aliphatic carboxylic acids is 1. The van der Waals surface area contributed by atoms with Gasteiger partial charge in [0.05, 0.1) is 0 Å². The van der Waals surface area contributed by atoms with E-state index in [0.717, 1.165) is 0 Å². The molecule has 4 nitrogen and oxygen atoms in total. The van der Waals surface area contributed by atoms with E-state index < -0.39 is 12.4 Å². The van der Waals surface area contributed by atoms with Crippen LogP contribution in [0.3, 0.4) is 0 Å². The highest BCUT2D eigenvalue weighted by Gasteiger charge is 2.22. The lowest BCUT2D eigenvalue weighted by Crippen LogP contribution is -2.22. The van der Waals surface area contributed by atoms with E-state index in [1.54, 1.807) is 0 Å². The highest BCUT2D eigenvalue weighted by atomic mass is 16.4. The molecule has 0 aromatic carbocycles. The zero-order valence-corrected chi connectivity index (χ0v) is 8.74. The number of carboxylic acids is 1. The molecule has 0 aliphatic rings. The van der Waals surface area contributed by atoms with Crippen molar-refractivity contribution in [2.75, 3.05) is 0 Å². The maximum atomic E-state index is 11.1. The van der Waals surface area contributed by atoms with Crippen molar-refractivity contribution in [3.05, 3.63) is 0 Å². The summed E-state index contributed by atoms with van der Waals surface area (Å²) in [5.41, 5.74) is 0. The average Bonchev–Trinajstić information content (AvgIpc) is 1.97. The van der Waals surface area contributed by atoms with Crippen LogP contribution in [0.2, 0.25) is 0 Å². The van der Waals surface area contributed by atoms with Crippen LogP contribution in [0.15, 0.2) is 0 Å². The minimum atomic E-state index is -1.14. The smallest absolute Gasteiger partial charge is 0.310 e. The van der Waals surface area contributed by atoms with Gasteiger partial charge in [-0.2, -0.15) is 0 Å². The minimum Gasteiger partial charge on any atom is -0.481 e. The molecule has 0 saturated heterocycles. The van der Waals surface area contributed by atoms with Gasteiger partial charge in [0, 0.05) is 12.3 Å². The number of ketones is 2. The molecule has 0 aliphatic carbocycles. The van der Waals surface area contributed by atoms with Crippen LogP contribution in [-0.2, 0) is 14.4 Å². The third-order valence-corrected chi connectivity index (χ3v) is 2.12. The lowest BCUT2D eigenvalue weighted by molar-refractivity contribution is -0.141. The fraction of sp³-hybridized carbons (Fsp3) is 0.700. The van der Waals surface area contributed by atoms with Crippen LogP contribution in [0.1, 0.15) is 33.6 Å². The summed E-state index contributed by atoms with van der Waals surface area (Å²) in [6, 6.07) is 0. The van der Waals surface area contributed by atoms with E-state index in [1.165, 1.54) is 6.92 Å². The van der Waals surface area contributed by atoms with Gasteiger partial charge in [-0.15, -0.1) is 0 Å². The molecule has 14 heavy (non-hydrogen) atoms. The van der Waals surface area contributed by atoms with Crippen molar-refractivity contribution in [2.45, 2.75) is 33.6 Å². The highest BCUT2D eigenvalue weighted by molar-refractivity contribution is 5.96. The third kappa shape index (κ3) is 4.74. The van der Waals surface area contributed by atoms with Crippen LogP contribution < -0.4 is 0 Å². The van der Waals surface area contributed by atoms with Crippen LogP contribution in [0, 0.1) is 11.8 Å². The second kappa shape index (κ2) is 5.52. The van der Waals surface area contributed by atoms with Crippen molar-refractivity contribution in [1.82, 2.24) is 0 Å². The van der Waals surface area contributed by atoms with Gasteiger partial charge in [0.15, 0.2) is 0 Å². The molecular weight excluding hydrogens is 184 g/mol. The molecule has 0 amide bonds. The summed E-state index contributed by atoms with van der Waals surface area (Å²) in [5.74, 6) is -1.85. The topological polar surface area (TPSA) is 71.4 Å². The zero-order chi connectivity index (χ0) is 11.3. The maximum Gasteiger partial charge on any atom is 0.310 e. The number of hydrogen-bond acceptors (Lipinski definition) is 3. The fourth-order valence-electron chi connectivity index (χ4n) is 1.33. The number of hydrogen-bond donors (Lipinski definition) is 1. The Labute approximate surface area is 83.3 Å². The van der Waals surface area contributed by atoms with E-state index in [4.69, 9.17) is 5.11 Å². The Balaban J connectivity index is 4.24. The van der Waals surface area contributed by atoms with Crippen molar-refractivity contribution in [1.29, 1.82) is 0 Å². The van der Waals surface area contributed by atoms with Crippen molar-refractivity contribution in [3.8, 4) is 0 Å². The molecule has 0 radical (unpaired) electrons. The first-order valence-corrected chi connectivity index (χ1v) is 4.58. The van der Waals surface area contributed by atoms with E-state index in [2.05, 4.69) is 0 Å². The van der Waals surface area contributed by atoms with Crippen LogP contribution >= 0.6 is 0 Å². The normalized spacial score (nSPS) is 12.6. The number of carbonyl (C=O) groups excluding carboxylic acids is 2. The standard InChI is InChI=1S/C10H16O4/c1-6(2)9(7(3)11)4-8(12)5-10(13)14/h6,9H,4-5H2,1-3H3,(H,13,14)/t9-/m0/s1. The molecule has 0 unspecified atom stereocenters. The van der Waals surface area contributed by atoms with Gasteiger partial charge in [-0.3, -0.25) is 14.4 Å². The lowest BCUT2D eigenvalue weighted by atomic mass is 9.87. The number of Topliss-reactive ketones (excluding diaryl/α,β-unsaturated/α-hetero) is 2. The lowest BCUT2D eigenvalue weighted by Gasteiger charge is -2.15. The predicted octanol–water partition coefficient (Wildman–Crippen LogP) is 1.28. The fourth-order valence-corrected chi connectivity index (χ4v) is 1.33. The summed E-state index contributed by atoms with van der Waals surface area (Å²) in [7, 11) is 0. The maximum absolute atomic E-state index is 11.1. The van der Waals surface area contributed by atoms with Gasteiger partial charge < -0.3 is 5.11 Å². The Morgan fingerprint density at radius 3 is 2.00 bits per heavy atom. The van der Waals surface area contributed by atoms with Crippen molar-refractivity contribution in [2.24, 2.45) is 11.8 Å². The number of carboxylic acid groups (broad SMARTS) is 1. The molecule has 4 heteroatoms. The second-order valence-corrected chi connectivity index (χ2v) is 3.77. The molecule has 1 atom stereocenters. The van der Waals surface area contributed by atoms with Gasteiger partial charge in [-0.05, 0) is 12.8 Å². The molecule has 0 heterocycles. The second-order valence-electron chi connectivity index (χ2n) is 3.77. The third-order valence-electron chi connectivity index (χ3n) is 2.12. The van der Waals surface area contributed by atoms with Gasteiger partial charge in [0.25, 0.3) is 0 Å².